The van der Waals surface area contributed by atoms with Crippen molar-refractivity contribution in [2.75, 3.05) is 25.4 Å². The van der Waals surface area contributed by atoms with Crippen LogP contribution in [0.3, 0.4) is 0 Å². The van der Waals surface area contributed by atoms with Gasteiger partial charge in [-0.05, 0) is 32.6 Å². The first-order valence-electron chi connectivity index (χ1n) is 5.24. The summed E-state index contributed by atoms with van der Waals surface area (Å²) in [5.41, 5.74) is -0.680. The zero-order valence-corrected chi connectivity index (χ0v) is 11.3. The molecule has 1 heterocycles. The van der Waals surface area contributed by atoms with Crippen molar-refractivity contribution < 1.29 is 19.1 Å². The summed E-state index contributed by atoms with van der Waals surface area (Å²) in [6.07, 6.45) is 5.80. The number of cyclic esters (lactones) is 1. The number of carbonyl (C=O) groups excluding carboxylic acids is 2. The van der Waals surface area contributed by atoms with Crippen molar-refractivity contribution in [3.63, 3.8) is 0 Å². The van der Waals surface area contributed by atoms with Gasteiger partial charge in [-0.3, -0.25) is 4.79 Å². The van der Waals surface area contributed by atoms with Crippen LogP contribution < -0.4 is 0 Å². The third-order valence-electron chi connectivity index (χ3n) is 2.99. The molecule has 1 aliphatic rings. The zero-order valence-electron chi connectivity index (χ0n) is 10.5. The molecule has 4 nitrogen and oxygen atoms in total. The van der Waals surface area contributed by atoms with Crippen LogP contribution in [0.2, 0.25) is 0 Å². The van der Waals surface area contributed by atoms with Crippen molar-refractivity contribution in [1.82, 2.24) is 0 Å². The highest BCUT2D eigenvalue weighted by Crippen LogP contribution is 2.41. The Balaban J connectivity index is 2.69. The number of hydrogen-bond acceptors (Lipinski definition) is 4. The van der Waals surface area contributed by atoms with E-state index in [9.17, 15) is 9.59 Å². The second kappa shape index (κ2) is 4.28. The molecule has 5 heteroatoms. The van der Waals surface area contributed by atoms with Crippen molar-refractivity contribution in [1.29, 1.82) is 0 Å². The van der Waals surface area contributed by atoms with Crippen molar-refractivity contribution >= 4 is 21.3 Å². The van der Waals surface area contributed by atoms with Gasteiger partial charge < -0.3 is 9.47 Å². The summed E-state index contributed by atoms with van der Waals surface area (Å²) >= 11 is 0. The third kappa shape index (κ3) is 2.51. The Morgan fingerprint density at radius 2 is 2.06 bits per heavy atom. The fourth-order valence-corrected chi connectivity index (χ4v) is 1.84. The van der Waals surface area contributed by atoms with E-state index in [1.807, 2.05) is 18.8 Å². The van der Waals surface area contributed by atoms with Gasteiger partial charge in [0, 0.05) is 6.42 Å². The number of rotatable bonds is 2. The van der Waals surface area contributed by atoms with Gasteiger partial charge in [-0.25, -0.2) is 4.79 Å². The van der Waals surface area contributed by atoms with Crippen LogP contribution in [0.1, 0.15) is 20.3 Å². The predicted molar refractivity (Wildman–Crippen MR) is 65.0 cm³/mol. The summed E-state index contributed by atoms with van der Waals surface area (Å²) < 4.78 is 10.3. The summed E-state index contributed by atoms with van der Waals surface area (Å²) in [5.74, 6) is -0.267. The molecule has 0 amide bonds. The number of hydrogen-bond donors (Lipinski definition) is 0. The Bertz CT molecular complexity index is 308. The van der Waals surface area contributed by atoms with Gasteiger partial charge in [-0.2, -0.15) is 10.0 Å². The van der Waals surface area contributed by atoms with Crippen molar-refractivity contribution in [2.45, 2.75) is 26.4 Å². The second-order valence-corrected chi connectivity index (χ2v) is 9.16. The van der Waals surface area contributed by atoms with E-state index in [0.717, 1.165) is 0 Å². The van der Waals surface area contributed by atoms with Crippen LogP contribution >= 0.6 is 10.0 Å². The average Bonchev–Trinajstić information content (AvgIpc) is 2.46. The minimum Gasteiger partial charge on any atom is -0.465 e. The topological polar surface area (TPSA) is 52.6 Å². The van der Waals surface area contributed by atoms with E-state index in [1.165, 1.54) is 0 Å². The highest BCUT2D eigenvalue weighted by atomic mass is 32.3. The Morgan fingerprint density at radius 3 is 2.44 bits per heavy atom. The molecule has 0 aromatic rings. The SMILES string of the molecule is CC(OC(=O)S(C)(C)C)[C@]1(C)CCOC1=O. The number of esters is 1. The van der Waals surface area contributed by atoms with Crippen LogP contribution in [-0.4, -0.2) is 42.7 Å². The summed E-state index contributed by atoms with van der Waals surface area (Å²) in [5, 5.41) is -0.207. The second-order valence-electron chi connectivity index (χ2n) is 5.15. The fourth-order valence-electron chi connectivity index (χ4n) is 1.41. The van der Waals surface area contributed by atoms with Crippen LogP contribution in [-0.2, 0) is 14.3 Å². The van der Waals surface area contributed by atoms with E-state index < -0.39 is 21.5 Å². The van der Waals surface area contributed by atoms with Gasteiger partial charge in [0.15, 0.2) is 0 Å². The van der Waals surface area contributed by atoms with Crippen molar-refractivity contribution in [2.24, 2.45) is 5.41 Å². The van der Waals surface area contributed by atoms with Gasteiger partial charge in [0.05, 0.1) is 6.61 Å². The lowest BCUT2D eigenvalue weighted by Gasteiger charge is -2.31. The first kappa shape index (κ1) is 13.4. The van der Waals surface area contributed by atoms with Crippen molar-refractivity contribution in [3.8, 4) is 0 Å². The van der Waals surface area contributed by atoms with Gasteiger partial charge >= 0.3 is 11.3 Å². The molecule has 0 bridgehead atoms. The quantitative estimate of drug-likeness (QED) is 0.703. The molecule has 0 saturated carbocycles. The Hall–Kier alpha value is -0.710. The molecule has 1 rings (SSSR count). The first-order valence-corrected chi connectivity index (χ1v) is 8.10. The third-order valence-corrected chi connectivity index (χ3v) is 4.09. The molecule has 1 saturated heterocycles. The lowest BCUT2D eigenvalue weighted by atomic mass is 9.84. The van der Waals surface area contributed by atoms with Crippen LogP contribution in [0, 0.1) is 5.41 Å². The number of ether oxygens (including phenoxy) is 2. The molecular weight excluding hydrogens is 228 g/mol. The summed E-state index contributed by atoms with van der Waals surface area (Å²) in [6, 6.07) is 0. The maximum Gasteiger partial charge on any atom is 0.349 e. The van der Waals surface area contributed by atoms with E-state index in [1.54, 1.807) is 13.8 Å². The molecule has 2 atom stereocenters. The minimum absolute atomic E-state index is 0.207. The maximum atomic E-state index is 11.7. The summed E-state index contributed by atoms with van der Waals surface area (Å²) in [4.78, 5) is 23.3. The Kier molecular flexibility index (Phi) is 3.57. The zero-order chi connectivity index (χ0) is 12.6. The molecule has 94 valence electrons. The van der Waals surface area contributed by atoms with E-state index in [4.69, 9.17) is 9.47 Å². The number of carbonyl (C=O) groups is 2. The van der Waals surface area contributed by atoms with Crippen LogP contribution in [0.4, 0.5) is 4.79 Å². The first-order chi connectivity index (χ1) is 7.18. The molecule has 0 aromatic carbocycles. The van der Waals surface area contributed by atoms with Gasteiger partial charge in [0.25, 0.3) is 0 Å². The summed E-state index contributed by atoms with van der Waals surface area (Å²) in [7, 11) is -1.38. The average molecular weight is 248 g/mol. The van der Waals surface area contributed by atoms with Crippen LogP contribution in [0.15, 0.2) is 0 Å². The molecule has 1 aliphatic heterocycles. The van der Waals surface area contributed by atoms with Crippen LogP contribution in [0.25, 0.3) is 0 Å². The van der Waals surface area contributed by atoms with Crippen LogP contribution in [0.5, 0.6) is 0 Å². The lowest BCUT2D eigenvalue weighted by Crippen LogP contribution is -2.38. The van der Waals surface area contributed by atoms with E-state index in [0.29, 0.717) is 13.0 Å². The van der Waals surface area contributed by atoms with Gasteiger partial charge in [-0.15, -0.1) is 0 Å². The fraction of sp³-hybridized carbons (Fsp3) is 0.818. The Morgan fingerprint density at radius 1 is 1.50 bits per heavy atom. The molecule has 0 aromatic heterocycles. The van der Waals surface area contributed by atoms with Gasteiger partial charge in [-0.1, -0.05) is 0 Å². The molecule has 0 aliphatic carbocycles. The van der Waals surface area contributed by atoms with Crippen molar-refractivity contribution in [3.05, 3.63) is 0 Å². The molecule has 1 fully saturated rings. The van der Waals surface area contributed by atoms with Gasteiger partial charge in [0.2, 0.25) is 0 Å². The van der Waals surface area contributed by atoms with E-state index in [2.05, 4.69) is 0 Å². The lowest BCUT2D eigenvalue weighted by molar-refractivity contribution is -0.149. The molecule has 0 spiro atoms. The molecule has 1 unspecified atom stereocenters. The molecule has 16 heavy (non-hydrogen) atoms. The molecular formula is C11H20O4S. The van der Waals surface area contributed by atoms with E-state index >= 15 is 0 Å². The van der Waals surface area contributed by atoms with E-state index in [-0.39, 0.29) is 11.3 Å². The maximum absolute atomic E-state index is 11.7. The van der Waals surface area contributed by atoms with Gasteiger partial charge in [0.1, 0.15) is 11.5 Å². The standard InChI is InChI=1S/C11H20O4S/c1-8(15-10(13)16(3,4)5)11(2)6-7-14-9(11)12/h8H,6-7H2,1-5H3/t8?,11-/m0/s1. The highest BCUT2D eigenvalue weighted by Gasteiger charge is 2.47. The minimum atomic E-state index is -1.38. The smallest absolute Gasteiger partial charge is 0.349 e. The molecule has 0 N–H and O–H groups in total. The monoisotopic (exact) mass is 248 g/mol. The largest absolute Gasteiger partial charge is 0.465 e. The Labute approximate surface area is 98.0 Å². The molecule has 0 radical (unpaired) electrons. The normalized spacial score (nSPS) is 28.4. The predicted octanol–water partition coefficient (Wildman–Crippen LogP) is 2.16. The summed E-state index contributed by atoms with van der Waals surface area (Å²) in [6.45, 7) is 3.97. The highest BCUT2D eigenvalue weighted by molar-refractivity contribution is 8.43.